The number of rotatable bonds is 6. The Morgan fingerprint density at radius 2 is 1.91 bits per heavy atom. The largest absolute Gasteiger partial charge is 0.497 e. The first-order valence-corrected chi connectivity index (χ1v) is 7.79. The summed E-state index contributed by atoms with van der Waals surface area (Å²) >= 11 is 3.38. The third-order valence-corrected chi connectivity index (χ3v) is 3.57. The third kappa shape index (κ3) is 4.49. The lowest BCUT2D eigenvalue weighted by Gasteiger charge is -2.17. The molecule has 0 aliphatic heterocycles. The summed E-state index contributed by atoms with van der Waals surface area (Å²) in [5.74, 6) is 1.12. The maximum absolute atomic E-state index is 12.3. The van der Waals surface area contributed by atoms with Gasteiger partial charge in [-0.3, -0.25) is 4.79 Å². The van der Waals surface area contributed by atoms with Gasteiger partial charge in [-0.1, -0.05) is 35.0 Å². The number of amides is 1. The molecule has 2 aromatic carbocycles. The molecule has 2 rings (SSSR count). The molecule has 0 bridgehead atoms. The van der Waals surface area contributed by atoms with Crippen molar-refractivity contribution in [2.75, 3.05) is 12.4 Å². The molecular formula is C17H18BrNO3. The normalized spacial score (nSPS) is 11.6. The standard InChI is InChI=1S/C17H18BrNO3/c1-3-16(22-15-9-5-8-14(11-15)21-2)17(20)19-13-7-4-6-12(18)10-13/h4-11,16H,3H2,1-2H3,(H,19,20)/t16-/m1/s1. The van der Waals surface area contributed by atoms with Crippen LogP contribution in [0.1, 0.15) is 13.3 Å². The van der Waals surface area contributed by atoms with Gasteiger partial charge in [-0.2, -0.15) is 0 Å². The molecule has 1 amide bonds. The number of ether oxygens (including phenoxy) is 2. The smallest absolute Gasteiger partial charge is 0.265 e. The lowest BCUT2D eigenvalue weighted by molar-refractivity contribution is -0.122. The monoisotopic (exact) mass is 363 g/mol. The van der Waals surface area contributed by atoms with Crippen molar-refractivity contribution in [3.63, 3.8) is 0 Å². The van der Waals surface area contributed by atoms with Gasteiger partial charge >= 0.3 is 0 Å². The summed E-state index contributed by atoms with van der Waals surface area (Å²) in [4.78, 5) is 12.3. The van der Waals surface area contributed by atoms with Gasteiger partial charge in [0.1, 0.15) is 11.5 Å². The van der Waals surface area contributed by atoms with E-state index in [-0.39, 0.29) is 5.91 Å². The summed E-state index contributed by atoms with van der Waals surface area (Å²) in [6.07, 6.45) is 0.00271. The molecule has 0 unspecified atom stereocenters. The molecule has 0 saturated heterocycles. The van der Waals surface area contributed by atoms with Gasteiger partial charge in [0, 0.05) is 16.2 Å². The first-order chi connectivity index (χ1) is 10.6. The second kappa shape index (κ2) is 7.84. The Balaban J connectivity index is 2.05. The van der Waals surface area contributed by atoms with E-state index in [1.807, 2.05) is 43.3 Å². The Kier molecular flexibility index (Phi) is 5.83. The van der Waals surface area contributed by atoms with Crippen LogP contribution in [0.4, 0.5) is 5.69 Å². The highest BCUT2D eigenvalue weighted by molar-refractivity contribution is 9.10. The highest BCUT2D eigenvalue weighted by Crippen LogP contribution is 2.21. The summed E-state index contributed by atoms with van der Waals surface area (Å²) in [5.41, 5.74) is 0.729. The Bertz CT molecular complexity index is 645. The van der Waals surface area contributed by atoms with Gasteiger partial charge in [0.2, 0.25) is 0 Å². The van der Waals surface area contributed by atoms with Crippen molar-refractivity contribution < 1.29 is 14.3 Å². The molecule has 0 radical (unpaired) electrons. The highest BCUT2D eigenvalue weighted by atomic mass is 79.9. The zero-order valence-electron chi connectivity index (χ0n) is 12.5. The molecule has 4 nitrogen and oxygen atoms in total. The third-order valence-electron chi connectivity index (χ3n) is 3.07. The van der Waals surface area contributed by atoms with Crippen LogP contribution in [0.3, 0.4) is 0 Å². The summed E-state index contributed by atoms with van der Waals surface area (Å²) in [7, 11) is 1.59. The van der Waals surface area contributed by atoms with Gasteiger partial charge in [-0.25, -0.2) is 0 Å². The molecule has 2 aromatic rings. The highest BCUT2D eigenvalue weighted by Gasteiger charge is 2.18. The second-order valence-corrected chi connectivity index (χ2v) is 5.61. The zero-order chi connectivity index (χ0) is 15.9. The van der Waals surface area contributed by atoms with Crippen LogP contribution in [0, 0.1) is 0 Å². The van der Waals surface area contributed by atoms with Gasteiger partial charge < -0.3 is 14.8 Å². The van der Waals surface area contributed by atoms with Crippen molar-refractivity contribution in [1.82, 2.24) is 0 Å². The van der Waals surface area contributed by atoms with E-state index in [1.54, 1.807) is 19.2 Å². The molecule has 116 valence electrons. The lowest BCUT2D eigenvalue weighted by Crippen LogP contribution is -2.32. The number of nitrogens with one attached hydrogen (secondary N) is 1. The lowest BCUT2D eigenvalue weighted by atomic mass is 10.2. The van der Waals surface area contributed by atoms with Crippen LogP contribution in [0.5, 0.6) is 11.5 Å². The van der Waals surface area contributed by atoms with E-state index in [9.17, 15) is 4.79 Å². The van der Waals surface area contributed by atoms with Crippen molar-refractivity contribution in [3.05, 3.63) is 53.0 Å². The van der Waals surface area contributed by atoms with E-state index in [0.717, 1.165) is 10.2 Å². The van der Waals surface area contributed by atoms with Gasteiger partial charge in [0.25, 0.3) is 5.91 Å². The summed E-state index contributed by atoms with van der Waals surface area (Å²) in [6.45, 7) is 1.91. The van der Waals surface area contributed by atoms with Gasteiger partial charge in [0.05, 0.1) is 7.11 Å². The van der Waals surface area contributed by atoms with Crippen LogP contribution >= 0.6 is 15.9 Å². The number of halogens is 1. The Hall–Kier alpha value is -2.01. The van der Waals surface area contributed by atoms with Crippen molar-refractivity contribution in [2.45, 2.75) is 19.4 Å². The quantitative estimate of drug-likeness (QED) is 0.834. The number of hydrogen-bond acceptors (Lipinski definition) is 3. The molecule has 1 atom stereocenters. The van der Waals surface area contributed by atoms with Crippen LogP contribution in [0.2, 0.25) is 0 Å². The predicted molar refractivity (Wildman–Crippen MR) is 90.5 cm³/mol. The number of methoxy groups -OCH3 is 1. The average Bonchev–Trinajstić information content (AvgIpc) is 2.52. The minimum atomic E-state index is -0.564. The average molecular weight is 364 g/mol. The maximum Gasteiger partial charge on any atom is 0.265 e. The molecule has 0 aliphatic carbocycles. The fourth-order valence-electron chi connectivity index (χ4n) is 1.95. The number of carbonyl (C=O) groups excluding carboxylic acids is 1. The van der Waals surface area contributed by atoms with E-state index in [1.165, 1.54) is 0 Å². The molecule has 0 saturated carbocycles. The summed E-state index contributed by atoms with van der Waals surface area (Å²) < 4.78 is 11.8. The van der Waals surface area contributed by atoms with E-state index >= 15 is 0 Å². The van der Waals surface area contributed by atoms with Gasteiger partial charge in [0.15, 0.2) is 6.10 Å². The van der Waals surface area contributed by atoms with Crippen molar-refractivity contribution >= 4 is 27.5 Å². The number of carbonyl (C=O) groups is 1. The van der Waals surface area contributed by atoms with Gasteiger partial charge in [-0.05, 0) is 36.8 Å². The van der Waals surface area contributed by atoms with E-state index in [2.05, 4.69) is 21.2 Å². The summed E-state index contributed by atoms with van der Waals surface area (Å²) in [5, 5.41) is 2.86. The molecule has 0 spiro atoms. The molecular weight excluding hydrogens is 346 g/mol. The summed E-state index contributed by atoms with van der Waals surface area (Å²) in [6, 6.07) is 14.7. The maximum atomic E-state index is 12.3. The van der Waals surface area contributed by atoms with Crippen molar-refractivity contribution in [3.8, 4) is 11.5 Å². The molecule has 5 heteroatoms. The SMILES string of the molecule is CC[C@@H](Oc1cccc(OC)c1)C(=O)Nc1cccc(Br)c1. The first-order valence-electron chi connectivity index (χ1n) is 6.99. The first kappa shape index (κ1) is 16.4. The number of hydrogen-bond donors (Lipinski definition) is 1. The molecule has 0 aromatic heterocycles. The van der Waals surface area contributed by atoms with Crippen molar-refractivity contribution in [2.24, 2.45) is 0 Å². The number of benzene rings is 2. The van der Waals surface area contributed by atoms with Crippen molar-refractivity contribution in [1.29, 1.82) is 0 Å². The zero-order valence-corrected chi connectivity index (χ0v) is 14.1. The van der Waals surface area contributed by atoms with E-state index in [0.29, 0.717) is 17.9 Å². The van der Waals surface area contributed by atoms with Gasteiger partial charge in [-0.15, -0.1) is 0 Å². The molecule has 0 heterocycles. The van der Waals surface area contributed by atoms with E-state index in [4.69, 9.17) is 9.47 Å². The Morgan fingerprint density at radius 3 is 2.59 bits per heavy atom. The fourth-order valence-corrected chi connectivity index (χ4v) is 2.35. The Morgan fingerprint density at radius 1 is 1.18 bits per heavy atom. The van der Waals surface area contributed by atoms with E-state index < -0.39 is 6.10 Å². The predicted octanol–water partition coefficient (Wildman–Crippen LogP) is 4.25. The van der Waals surface area contributed by atoms with Crippen LogP contribution in [0.15, 0.2) is 53.0 Å². The number of anilines is 1. The van der Waals surface area contributed by atoms with Crippen LogP contribution in [-0.2, 0) is 4.79 Å². The minimum absolute atomic E-state index is 0.177. The topological polar surface area (TPSA) is 47.6 Å². The minimum Gasteiger partial charge on any atom is -0.497 e. The van der Waals surface area contributed by atoms with Crippen LogP contribution in [0.25, 0.3) is 0 Å². The van der Waals surface area contributed by atoms with Crippen LogP contribution in [-0.4, -0.2) is 19.1 Å². The van der Waals surface area contributed by atoms with Crippen LogP contribution < -0.4 is 14.8 Å². The molecule has 1 N–H and O–H groups in total. The molecule has 0 fully saturated rings. The fraction of sp³-hybridized carbons (Fsp3) is 0.235. The molecule has 0 aliphatic rings. The Labute approximate surface area is 138 Å². The second-order valence-electron chi connectivity index (χ2n) is 4.69. The molecule has 22 heavy (non-hydrogen) atoms.